The van der Waals surface area contributed by atoms with Crippen molar-refractivity contribution in [3.05, 3.63) is 44.7 Å². The summed E-state index contributed by atoms with van der Waals surface area (Å²) in [4.78, 5) is 2.65. The summed E-state index contributed by atoms with van der Waals surface area (Å²) in [5.74, 6) is 0. The van der Waals surface area contributed by atoms with Gasteiger partial charge in [0.15, 0.2) is 0 Å². The Morgan fingerprint density at radius 2 is 2.05 bits per heavy atom. The lowest BCUT2D eigenvalue weighted by Crippen LogP contribution is -2.20. The van der Waals surface area contributed by atoms with Crippen molar-refractivity contribution in [3.63, 3.8) is 0 Å². The number of hydrogen-bond acceptors (Lipinski definition) is 2. The van der Waals surface area contributed by atoms with Crippen LogP contribution in [0.5, 0.6) is 0 Å². The maximum Gasteiger partial charge on any atom is 0.0554 e. The lowest BCUT2D eigenvalue weighted by molar-refractivity contribution is 0.525. The number of halogens is 2. The van der Waals surface area contributed by atoms with Crippen LogP contribution in [0.25, 0.3) is 10.4 Å². The Bertz CT molecular complexity index is 567. The molecule has 1 atom stereocenters. The van der Waals surface area contributed by atoms with E-state index < -0.39 is 0 Å². The second-order valence-corrected chi connectivity index (χ2v) is 7.03. The predicted molar refractivity (Wildman–Crippen MR) is 93.8 cm³/mol. The van der Waals surface area contributed by atoms with Gasteiger partial charge in [-0.15, -0.1) is 11.3 Å². The van der Waals surface area contributed by atoms with Crippen molar-refractivity contribution >= 4 is 38.9 Å². The van der Waals surface area contributed by atoms with E-state index in [0.717, 1.165) is 28.9 Å². The summed E-state index contributed by atoms with van der Waals surface area (Å²) in [7, 11) is 0. The van der Waals surface area contributed by atoms with Crippen LogP contribution in [0, 0.1) is 0 Å². The minimum absolute atomic E-state index is 0.451. The number of rotatable bonds is 6. The Balaban J connectivity index is 2.26. The van der Waals surface area contributed by atoms with Gasteiger partial charge in [0, 0.05) is 25.8 Å². The van der Waals surface area contributed by atoms with E-state index in [0.29, 0.717) is 6.04 Å². The molecule has 1 aromatic heterocycles. The first-order valence-corrected chi connectivity index (χ1v) is 8.93. The van der Waals surface area contributed by atoms with Gasteiger partial charge in [-0.3, -0.25) is 0 Å². The summed E-state index contributed by atoms with van der Waals surface area (Å²) in [6.45, 7) is 5.48. The van der Waals surface area contributed by atoms with Gasteiger partial charge in [-0.05, 0) is 53.5 Å². The number of hydrogen-bond donors (Lipinski definition) is 1. The van der Waals surface area contributed by atoms with Gasteiger partial charge in [-0.25, -0.2) is 0 Å². The molecule has 0 saturated carbocycles. The van der Waals surface area contributed by atoms with E-state index in [4.69, 9.17) is 11.6 Å². The van der Waals surface area contributed by atoms with Gasteiger partial charge in [-0.1, -0.05) is 37.6 Å². The van der Waals surface area contributed by atoms with Crippen LogP contribution in [-0.2, 0) is 0 Å². The Kier molecular flexibility index (Phi) is 6.09. The second-order valence-electron chi connectivity index (χ2n) is 4.72. The smallest absolute Gasteiger partial charge is 0.0554 e. The maximum atomic E-state index is 6.17. The third kappa shape index (κ3) is 3.64. The molecule has 20 heavy (non-hydrogen) atoms. The summed E-state index contributed by atoms with van der Waals surface area (Å²) in [6.07, 6.45) is 2.27. The number of benzene rings is 1. The van der Waals surface area contributed by atoms with E-state index in [1.165, 1.54) is 15.3 Å². The molecule has 0 aliphatic rings. The monoisotopic (exact) mass is 371 g/mol. The van der Waals surface area contributed by atoms with Crippen molar-refractivity contribution in [3.8, 4) is 10.4 Å². The summed E-state index contributed by atoms with van der Waals surface area (Å²) in [5, 5.41) is 4.36. The molecule has 0 radical (unpaired) electrons. The fourth-order valence-electron chi connectivity index (χ4n) is 2.14. The summed E-state index contributed by atoms with van der Waals surface area (Å²) < 4.78 is 0.977. The molecular weight excluding hydrogens is 354 g/mol. The fraction of sp³-hybridized carbons (Fsp3) is 0.375. The highest BCUT2D eigenvalue weighted by molar-refractivity contribution is 9.10. The average Bonchev–Trinajstić information content (AvgIpc) is 2.92. The van der Waals surface area contributed by atoms with E-state index in [-0.39, 0.29) is 0 Å². The predicted octanol–water partition coefficient (Wildman–Crippen LogP) is 6.28. The molecule has 0 spiro atoms. The van der Waals surface area contributed by atoms with E-state index in [1.807, 2.05) is 23.5 Å². The Labute approximate surface area is 138 Å². The van der Waals surface area contributed by atoms with Crippen molar-refractivity contribution in [2.24, 2.45) is 0 Å². The van der Waals surface area contributed by atoms with Gasteiger partial charge < -0.3 is 5.32 Å². The molecule has 1 nitrogen and oxygen atoms in total. The van der Waals surface area contributed by atoms with Gasteiger partial charge in [0.25, 0.3) is 0 Å². The van der Waals surface area contributed by atoms with Crippen molar-refractivity contribution in [2.75, 3.05) is 6.54 Å². The zero-order valence-electron chi connectivity index (χ0n) is 11.7. The van der Waals surface area contributed by atoms with E-state index in [2.05, 4.69) is 53.3 Å². The Morgan fingerprint density at radius 3 is 2.75 bits per heavy atom. The van der Waals surface area contributed by atoms with Gasteiger partial charge in [-0.2, -0.15) is 0 Å². The standard InChI is InChI=1S/C16H19BrClNS/c1-3-10-19-13(4-2)15-9-8-14(20-15)11-6-5-7-12(18)16(11)17/h5-9,13,19H,3-4,10H2,1-2H3. The number of thiophene rings is 1. The first-order chi connectivity index (χ1) is 9.67. The zero-order valence-corrected chi connectivity index (χ0v) is 14.9. The van der Waals surface area contributed by atoms with E-state index in [1.54, 1.807) is 0 Å². The van der Waals surface area contributed by atoms with Crippen LogP contribution in [0.4, 0.5) is 0 Å². The lowest BCUT2D eigenvalue weighted by atomic mass is 10.1. The van der Waals surface area contributed by atoms with Crippen molar-refractivity contribution in [2.45, 2.75) is 32.7 Å². The molecule has 0 saturated heterocycles. The Morgan fingerprint density at radius 1 is 1.25 bits per heavy atom. The van der Waals surface area contributed by atoms with Gasteiger partial charge in [0.1, 0.15) is 0 Å². The first kappa shape index (κ1) is 16.0. The number of nitrogens with one attached hydrogen (secondary N) is 1. The molecular formula is C16H19BrClNS. The van der Waals surface area contributed by atoms with Crippen LogP contribution in [0.1, 0.15) is 37.6 Å². The highest BCUT2D eigenvalue weighted by Gasteiger charge is 2.13. The van der Waals surface area contributed by atoms with Crippen LogP contribution in [-0.4, -0.2) is 6.54 Å². The molecule has 0 fully saturated rings. The molecule has 4 heteroatoms. The summed E-state index contributed by atoms with van der Waals surface area (Å²) >= 11 is 11.6. The van der Waals surface area contributed by atoms with Crippen LogP contribution >= 0.6 is 38.9 Å². The highest BCUT2D eigenvalue weighted by atomic mass is 79.9. The molecule has 108 valence electrons. The fourth-order valence-corrected chi connectivity index (χ4v) is 4.13. The normalized spacial score (nSPS) is 12.6. The third-order valence-electron chi connectivity index (χ3n) is 3.24. The van der Waals surface area contributed by atoms with Crippen molar-refractivity contribution < 1.29 is 0 Å². The quantitative estimate of drug-likeness (QED) is 0.629. The molecule has 0 aliphatic heterocycles. The van der Waals surface area contributed by atoms with Crippen molar-refractivity contribution in [1.82, 2.24) is 5.32 Å². The van der Waals surface area contributed by atoms with Crippen LogP contribution in [0.3, 0.4) is 0 Å². The molecule has 0 bridgehead atoms. The minimum Gasteiger partial charge on any atom is -0.309 e. The third-order valence-corrected chi connectivity index (χ3v) is 5.87. The molecule has 2 rings (SSSR count). The molecule has 0 amide bonds. The van der Waals surface area contributed by atoms with Gasteiger partial charge in [0.05, 0.1) is 5.02 Å². The average molecular weight is 373 g/mol. The van der Waals surface area contributed by atoms with Crippen LogP contribution < -0.4 is 5.32 Å². The highest BCUT2D eigenvalue weighted by Crippen LogP contribution is 2.38. The second kappa shape index (κ2) is 7.60. The zero-order chi connectivity index (χ0) is 14.5. The van der Waals surface area contributed by atoms with Gasteiger partial charge >= 0.3 is 0 Å². The van der Waals surface area contributed by atoms with E-state index in [9.17, 15) is 0 Å². The summed E-state index contributed by atoms with van der Waals surface area (Å²) in [5.41, 5.74) is 1.17. The minimum atomic E-state index is 0.451. The maximum absolute atomic E-state index is 6.17. The largest absolute Gasteiger partial charge is 0.309 e. The molecule has 1 heterocycles. The Hall–Kier alpha value is -0.350. The van der Waals surface area contributed by atoms with E-state index >= 15 is 0 Å². The SMILES string of the molecule is CCCNC(CC)c1ccc(-c2cccc(Cl)c2Br)s1. The first-order valence-electron chi connectivity index (χ1n) is 6.94. The van der Waals surface area contributed by atoms with Gasteiger partial charge in [0.2, 0.25) is 0 Å². The van der Waals surface area contributed by atoms with Crippen LogP contribution in [0.15, 0.2) is 34.8 Å². The van der Waals surface area contributed by atoms with Crippen molar-refractivity contribution in [1.29, 1.82) is 0 Å². The molecule has 0 aliphatic carbocycles. The molecule has 1 aromatic carbocycles. The summed E-state index contributed by atoms with van der Waals surface area (Å²) in [6, 6.07) is 10.9. The molecule has 2 aromatic rings. The lowest BCUT2D eigenvalue weighted by Gasteiger charge is -2.14. The molecule has 1 N–H and O–H groups in total. The topological polar surface area (TPSA) is 12.0 Å². The molecule has 1 unspecified atom stereocenters. The van der Waals surface area contributed by atoms with Crippen LogP contribution in [0.2, 0.25) is 5.02 Å².